The highest BCUT2D eigenvalue weighted by molar-refractivity contribution is 9.10. The average Bonchev–Trinajstić information content (AvgIpc) is 2.66. The van der Waals surface area contributed by atoms with Crippen LogP contribution in [-0.2, 0) is 6.54 Å². The highest BCUT2D eigenvalue weighted by atomic mass is 79.9. The van der Waals surface area contributed by atoms with E-state index in [1.807, 2.05) is 0 Å². The first kappa shape index (κ1) is 13.9. The zero-order valence-electron chi connectivity index (χ0n) is 10.6. The van der Waals surface area contributed by atoms with Crippen LogP contribution >= 0.6 is 15.9 Å². The smallest absolute Gasteiger partial charge is 0.144 e. The number of benzene rings is 1. The van der Waals surface area contributed by atoms with Crippen molar-refractivity contribution in [2.75, 3.05) is 0 Å². The molecule has 0 amide bonds. The Bertz CT molecular complexity index is 436. The van der Waals surface area contributed by atoms with Crippen molar-refractivity contribution in [3.63, 3.8) is 0 Å². The van der Waals surface area contributed by atoms with Crippen molar-refractivity contribution < 1.29 is 8.78 Å². The molecule has 1 aromatic rings. The van der Waals surface area contributed by atoms with Gasteiger partial charge in [0.1, 0.15) is 11.6 Å². The first-order valence-electron chi connectivity index (χ1n) is 6.36. The Labute approximate surface area is 115 Å². The van der Waals surface area contributed by atoms with Crippen LogP contribution in [0, 0.1) is 23.5 Å². The Morgan fingerprint density at radius 1 is 1.28 bits per heavy atom. The van der Waals surface area contributed by atoms with Crippen molar-refractivity contribution in [1.29, 1.82) is 0 Å². The topological polar surface area (TPSA) is 12.0 Å². The summed E-state index contributed by atoms with van der Waals surface area (Å²) < 4.78 is 27.7. The molecule has 18 heavy (non-hydrogen) atoms. The normalized spacial score (nSPS) is 27.7. The van der Waals surface area contributed by atoms with E-state index in [0.29, 0.717) is 22.4 Å². The van der Waals surface area contributed by atoms with Crippen molar-refractivity contribution in [1.82, 2.24) is 5.32 Å². The van der Waals surface area contributed by atoms with Gasteiger partial charge in [0, 0.05) is 18.2 Å². The van der Waals surface area contributed by atoms with Gasteiger partial charge >= 0.3 is 0 Å². The standard InChI is InChI=1S/C14H18BrF2N/c1-8-3-6-13(9(8)2)18-7-10-12(16)5-4-11(15)14(10)17/h4-5,8-9,13,18H,3,6-7H2,1-2H3. The third kappa shape index (κ3) is 2.75. The number of hydrogen-bond donors (Lipinski definition) is 1. The van der Waals surface area contributed by atoms with Gasteiger partial charge in [0.05, 0.1) is 4.47 Å². The summed E-state index contributed by atoms with van der Waals surface area (Å²) >= 11 is 3.09. The number of hydrogen-bond acceptors (Lipinski definition) is 1. The molecular formula is C14H18BrF2N. The summed E-state index contributed by atoms with van der Waals surface area (Å²) in [4.78, 5) is 0. The van der Waals surface area contributed by atoms with Gasteiger partial charge in [-0.25, -0.2) is 8.78 Å². The first-order chi connectivity index (χ1) is 8.50. The van der Waals surface area contributed by atoms with Crippen LogP contribution in [0.2, 0.25) is 0 Å². The van der Waals surface area contributed by atoms with Crippen LogP contribution < -0.4 is 5.32 Å². The van der Waals surface area contributed by atoms with E-state index in [4.69, 9.17) is 0 Å². The lowest BCUT2D eigenvalue weighted by atomic mass is 9.97. The molecule has 1 fully saturated rings. The van der Waals surface area contributed by atoms with Gasteiger partial charge < -0.3 is 5.32 Å². The van der Waals surface area contributed by atoms with E-state index in [1.54, 1.807) is 0 Å². The van der Waals surface area contributed by atoms with E-state index >= 15 is 0 Å². The summed E-state index contributed by atoms with van der Waals surface area (Å²) in [6.45, 7) is 4.68. The van der Waals surface area contributed by atoms with E-state index in [-0.39, 0.29) is 12.1 Å². The monoisotopic (exact) mass is 317 g/mol. The molecular weight excluding hydrogens is 300 g/mol. The van der Waals surface area contributed by atoms with E-state index in [1.165, 1.54) is 18.6 Å². The molecule has 0 aromatic heterocycles. The molecule has 0 heterocycles. The average molecular weight is 318 g/mol. The van der Waals surface area contributed by atoms with Gasteiger partial charge in [0.15, 0.2) is 0 Å². The molecule has 0 spiro atoms. The van der Waals surface area contributed by atoms with Crippen molar-refractivity contribution in [3.05, 3.63) is 33.8 Å². The van der Waals surface area contributed by atoms with E-state index < -0.39 is 11.6 Å². The number of halogens is 3. The van der Waals surface area contributed by atoms with E-state index in [2.05, 4.69) is 35.1 Å². The van der Waals surface area contributed by atoms with Crippen molar-refractivity contribution in [3.8, 4) is 0 Å². The number of rotatable bonds is 3. The maximum atomic E-state index is 13.8. The summed E-state index contributed by atoms with van der Waals surface area (Å²) in [6, 6.07) is 3.05. The molecule has 1 nitrogen and oxygen atoms in total. The second-order valence-corrected chi connectivity index (χ2v) is 6.08. The zero-order chi connectivity index (χ0) is 13.3. The fourth-order valence-electron chi connectivity index (χ4n) is 2.62. The van der Waals surface area contributed by atoms with Crippen LogP contribution in [0.4, 0.5) is 8.78 Å². The SMILES string of the molecule is CC1CCC(NCc2c(F)ccc(Br)c2F)C1C. The van der Waals surface area contributed by atoms with E-state index in [0.717, 1.165) is 6.42 Å². The lowest BCUT2D eigenvalue weighted by Crippen LogP contribution is -2.32. The summed E-state index contributed by atoms with van der Waals surface area (Å²) in [5.74, 6) is 0.256. The van der Waals surface area contributed by atoms with Crippen LogP contribution in [0.3, 0.4) is 0 Å². The highest BCUT2D eigenvalue weighted by Gasteiger charge is 2.29. The molecule has 100 valence electrons. The molecule has 1 aromatic carbocycles. The van der Waals surface area contributed by atoms with Gasteiger partial charge in [0.2, 0.25) is 0 Å². The zero-order valence-corrected chi connectivity index (χ0v) is 12.2. The fourth-order valence-corrected chi connectivity index (χ4v) is 2.99. The maximum absolute atomic E-state index is 13.8. The van der Waals surface area contributed by atoms with E-state index in [9.17, 15) is 8.78 Å². The Morgan fingerprint density at radius 3 is 2.61 bits per heavy atom. The molecule has 1 aliphatic rings. The molecule has 3 unspecified atom stereocenters. The van der Waals surface area contributed by atoms with Gasteiger partial charge in [-0.3, -0.25) is 0 Å². The summed E-state index contributed by atoms with van der Waals surface area (Å²) in [5.41, 5.74) is 0.121. The van der Waals surface area contributed by atoms with Crippen molar-refractivity contribution in [2.45, 2.75) is 39.3 Å². The molecule has 0 saturated heterocycles. The largest absolute Gasteiger partial charge is 0.309 e. The molecule has 4 heteroatoms. The Balaban J connectivity index is 2.05. The van der Waals surface area contributed by atoms with Crippen LogP contribution in [0.25, 0.3) is 0 Å². The summed E-state index contributed by atoms with van der Waals surface area (Å²) in [5, 5.41) is 3.29. The lowest BCUT2D eigenvalue weighted by Gasteiger charge is -2.20. The minimum absolute atomic E-state index is 0.121. The predicted octanol–water partition coefficient (Wildman–Crippen LogP) is 4.25. The van der Waals surface area contributed by atoms with Crippen molar-refractivity contribution >= 4 is 15.9 Å². The molecule has 1 N–H and O–H groups in total. The van der Waals surface area contributed by atoms with Gasteiger partial charge in [-0.2, -0.15) is 0 Å². The minimum Gasteiger partial charge on any atom is -0.309 e. The maximum Gasteiger partial charge on any atom is 0.144 e. The van der Waals surface area contributed by atoms with Gasteiger partial charge in [0.25, 0.3) is 0 Å². The fraction of sp³-hybridized carbons (Fsp3) is 0.571. The molecule has 0 aliphatic heterocycles. The van der Waals surface area contributed by atoms with Gasteiger partial charge in [-0.1, -0.05) is 13.8 Å². The summed E-state index contributed by atoms with van der Waals surface area (Å²) in [6.07, 6.45) is 2.27. The summed E-state index contributed by atoms with van der Waals surface area (Å²) in [7, 11) is 0. The predicted molar refractivity (Wildman–Crippen MR) is 72.2 cm³/mol. The van der Waals surface area contributed by atoms with Crippen LogP contribution in [0.5, 0.6) is 0 Å². The third-order valence-corrected chi connectivity index (χ3v) is 4.76. The third-order valence-electron chi connectivity index (χ3n) is 4.15. The molecule has 1 aliphatic carbocycles. The Kier molecular flexibility index (Phi) is 4.38. The minimum atomic E-state index is -0.499. The quantitative estimate of drug-likeness (QED) is 0.822. The Morgan fingerprint density at radius 2 is 2.00 bits per heavy atom. The lowest BCUT2D eigenvalue weighted by molar-refractivity contribution is 0.365. The van der Waals surface area contributed by atoms with Gasteiger partial charge in [-0.15, -0.1) is 0 Å². The second-order valence-electron chi connectivity index (χ2n) is 5.22. The first-order valence-corrected chi connectivity index (χ1v) is 7.15. The molecule has 1 saturated carbocycles. The number of nitrogens with one attached hydrogen (secondary N) is 1. The highest BCUT2D eigenvalue weighted by Crippen LogP contribution is 2.31. The van der Waals surface area contributed by atoms with Crippen molar-refractivity contribution in [2.24, 2.45) is 11.8 Å². The van der Waals surface area contributed by atoms with Crippen LogP contribution in [0.1, 0.15) is 32.3 Å². The van der Waals surface area contributed by atoms with Crippen LogP contribution in [0.15, 0.2) is 16.6 Å². The van der Waals surface area contributed by atoms with Crippen LogP contribution in [-0.4, -0.2) is 6.04 Å². The molecule has 0 bridgehead atoms. The molecule has 3 atom stereocenters. The Hall–Kier alpha value is -0.480. The second kappa shape index (κ2) is 5.66. The molecule has 2 rings (SSSR count). The molecule has 0 radical (unpaired) electrons. The van der Waals surface area contributed by atoms with Gasteiger partial charge in [-0.05, 0) is 52.7 Å².